The molecule has 0 aliphatic carbocycles. The van der Waals surface area contributed by atoms with Crippen molar-refractivity contribution in [1.29, 1.82) is 0 Å². The van der Waals surface area contributed by atoms with Crippen molar-refractivity contribution in [2.75, 3.05) is 18.9 Å². The predicted octanol–water partition coefficient (Wildman–Crippen LogP) is 2.44. The molecule has 1 aromatic carbocycles. The summed E-state index contributed by atoms with van der Waals surface area (Å²) in [5, 5.41) is 2.88. The van der Waals surface area contributed by atoms with Crippen molar-refractivity contribution in [2.45, 2.75) is 27.7 Å². The van der Waals surface area contributed by atoms with Gasteiger partial charge in [0.1, 0.15) is 5.75 Å². The van der Waals surface area contributed by atoms with Crippen LogP contribution in [-0.2, 0) is 0 Å². The molecule has 0 spiro atoms. The van der Waals surface area contributed by atoms with Crippen molar-refractivity contribution in [3.05, 3.63) is 23.8 Å². The van der Waals surface area contributed by atoms with Crippen molar-refractivity contribution in [2.24, 2.45) is 5.41 Å². The number of carbonyl (C=O) groups is 1. The maximum atomic E-state index is 11.9. The summed E-state index contributed by atoms with van der Waals surface area (Å²) in [6.07, 6.45) is 0. The first-order valence-corrected chi connectivity index (χ1v) is 6.14. The molecular formula is C14H22N2O2. The van der Waals surface area contributed by atoms with Crippen molar-refractivity contribution in [3.8, 4) is 5.75 Å². The Balaban J connectivity index is 2.72. The number of hydrogen-bond acceptors (Lipinski definition) is 3. The van der Waals surface area contributed by atoms with Crippen LogP contribution in [-0.4, -0.2) is 19.1 Å². The zero-order chi connectivity index (χ0) is 13.8. The maximum absolute atomic E-state index is 11.9. The van der Waals surface area contributed by atoms with Crippen LogP contribution in [0.2, 0.25) is 0 Å². The summed E-state index contributed by atoms with van der Waals surface area (Å²) < 4.78 is 5.33. The van der Waals surface area contributed by atoms with Crippen molar-refractivity contribution < 1.29 is 9.53 Å². The summed E-state index contributed by atoms with van der Waals surface area (Å²) in [6.45, 7) is 9.28. The molecule has 0 atom stereocenters. The Labute approximate surface area is 109 Å². The molecule has 0 radical (unpaired) electrons. The number of nitrogens with two attached hydrogens (primary N) is 1. The molecule has 0 saturated heterocycles. The lowest BCUT2D eigenvalue weighted by atomic mass is 9.97. The second-order valence-electron chi connectivity index (χ2n) is 5.43. The largest absolute Gasteiger partial charge is 0.492 e. The predicted molar refractivity (Wildman–Crippen MR) is 73.8 cm³/mol. The van der Waals surface area contributed by atoms with Gasteiger partial charge in [0.25, 0.3) is 5.91 Å². The van der Waals surface area contributed by atoms with Crippen LogP contribution < -0.4 is 15.8 Å². The quantitative estimate of drug-likeness (QED) is 0.807. The summed E-state index contributed by atoms with van der Waals surface area (Å²) in [6, 6.07) is 5.09. The maximum Gasteiger partial charge on any atom is 0.251 e. The zero-order valence-corrected chi connectivity index (χ0v) is 11.5. The first-order chi connectivity index (χ1) is 8.33. The Morgan fingerprint density at radius 3 is 2.56 bits per heavy atom. The van der Waals surface area contributed by atoms with Crippen LogP contribution in [0.1, 0.15) is 38.1 Å². The molecule has 0 fully saturated rings. The van der Waals surface area contributed by atoms with Gasteiger partial charge >= 0.3 is 0 Å². The first-order valence-electron chi connectivity index (χ1n) is 6.14. The minimum Gasteiger partial charge on any atom is -0.492 e. The lowest BCUT2D eigenvalue weighted by Crippen LogP contribution is -2.32. The Bertz CT molecular complexity index is 422. The molecule has 100 valence electrons. The monoisotopic (exact) mass is 250 g/mol. The molecule has 0 aromatic heterocycles. The van der Waals surface area contributed by atoms with Gasteiger partial charge in [0.15, 0.2) is 0 Å². The SMILES string of the molecule is CCOc1ccc(C(=O)NCC(C)(C)C)cc1N. The number of rotatable bonds is 4. The Morgan fingerprint density at radius 1 is 1.39 bits per heavy atom. The van der Waals surface area contributed by atoms with Crippen LogP contribution in [0.5, 0.6) is 5.75 Å². The van der Waals surface area contributed by atoms with E-state index in [2.05, 4.69) is 26.1 Å². The third-order valence-electron chi connectivity index (χ3n) is 2.35. The molecule has 0 aliphatic heterocycles. The highest BCUT2D eigenvalue weighted by atomic mass is 16.5. The van der Waals surface area contributed by atoms with Gasteiger partial charge in [0, 0.05) is 12.1 Å². The van der Waals surface area contributed by atoms with Gasteiger partial charge in [-0.15, -0.1) is 0 Å². The molecular weight excluding hydrogens is 228 g/mol. The normalized spacial score (nSPS) is 11.1. The van der Waals surface area contributed by atoms with Crippen molar-refractivity contribution in [1.82, 2.24) is 5.32 Å². The van der Waals surface area contributed by atoms with Gasteiger partial charge < -0.3 is 15.8 Å². The fourth-order valence-electron chi connectivity index (χ4n) is 1.42. The number of hydrogen-bond donors (Lipinski definition) is 2. The average Bonchev–Trinajstić information content (AvgIpc) is 2.28. The van der Waals surface area contributed by atoms with Crippen LogP contribution in [0.3, 0.4) is 0 Å². The van der Waals surface area contributed by atoms with E-state index < -0.39 is 0 Å². The average molecular weight is 250 g/mol. The van der Waals surface area contributed by atoms with Gasteiger partial charge in [-0.05, 0) is 30.5 Å². The number of carbonyl (C=O) groups excluding carboxylic acids is 1. The van der Waals surface area contributed by atoms with E-state index in [-0.39, 0.29) is 11.3 Å². The molecule has 0 saturated carbocycles. The van der Waals surface area contributed by atoms with Crippen LogP contribution in [0.25, 0.3) is 0 Å². The van der Waals surface area contributed by atoms with Crippen LogP contribution in [0.15, 0.2) is 18.2 Å². The molecule has 1 amide bonds. The zero-order valence-electron chi connectivity index (χ0n) is 11.5. The smallest absolute Gasteiger partial charge is 0.251 e. The first kappa shape index (κ1) is 14.4. The number of anilines is 1. The molecule has 18 heavy (non-hydrogen) atoms. The van der Waals surface area contributed by atoms with E-state index in [9.17, 15) is 4.79 Å². The van der Waals surface area contributed by atoms with E-state index in [1.807, 2.05) is 6.92 Å². The van der Waals surface area contributed by atoms with Gasteiger partial charge in [-0.1, -0.05) is 20.8 Å². The van der Waals surface area contributed by atoms with E-state index in [0.717, 1.165) is 0 Å². The highest BCUT2D eigenvalue weighted by molar-refractivity contribution is 5.95. The van der Waals surface area contributed by atoms with Crippen LogP contribution in [0.4, 0.5) is 5.69 Å². The third kappa shape index (κ3) is 4.28. The topological polar surface area (TPSA) is 64.3 Å². The number of benzene rings is 1. The van der Waals surface area contributed by atoms with Crippen LogP contribution in [0, 0.1) is 5.41 Å². The van der Waals surface area contributed by atoms with E-state index >= 15 is 0 Å². The highest BCUT2D eigenvalue weighted by Gasteiger charge is 2.13. The molecule has 1 rings (SSSR count). The fraction of sp³-hybridized carbons (Fsp3) is 0.500. The Hall–Kier alpha value is -1.71. The summed E-state index contributed by atoms with van der Waals surface area (Å²) in [5.74, 6) is 0.504. The van der Waals surface area contributed by atoms with Gasteiger partial charge in [-0.3, -0.25) is 4.79 Å². The molecule has 4 heteroatoms. The minimum atomic E-state index is -0.111. The van der Waals surface area contributed by atoms with Gasteiger partial charge in [0.2, 0.25) is 0 Å². The molecule has 0 aliphatic rings. The Morgan fingerprint density at radius 2 is 2.06 bits per heavy atom. The standard InChI is InChI=1S/C14H22N2O2/c1-5-18-12-7-6-10(8-11(12)15)13(17)16-9-14(2,3)4/h6-8H,5,9,15H2,1-4H3,(H,16,17). The summed E-state index contributed by atoms with van der Waals surface area (Å²) in [7, 11) is 0. The molecule has 4 nitrogen and oxygen atoms in total. The van der Waals surface area contributed by atoms with E-state index in [1.165, 1.54) is 0 Å². The molecule has 3 N–H and O–H groups in total. The molecule has 1 aromatic rings. The van der Waals surface area contributed by atoms with Crippen molar-refractivity contribution in [3.63, 3.8) is 0 Å². The molecule has 0 bridgehead atoms. The van der Waals surface area contributed by atoms with Gasteiger partial charge in [-0.25, -0.2) is 0 Å². The molecule has 0 unspecified atom stereocenters. The summed E-state index contributed by atoms with van der Waals surface area (Å²) in [4.78, 5) is 11.9. The lowest BCUT2D eigenvalue weighted by molar-refractivity contribution is 0.0939. The lowest BCUT2D eigenvalue weighted by Gasteiger charge is -2.18. The Kier molecular flexibility index (Phi) is 4.59. The summed E-state index contributed by atoms with van der Waals surface area (Å²) >= 11 is 0. The van der Waals surface area contributed by atoms with E-state index in [1.54, 1.807) is 18.2 Å². The second kappa shape index (κ2) is 5.76. The van der Waals surface area contributed by atoms with Gasteiger partial charge in [-0.2, -0.15) is 0 Å². The van der Waals surface area contributed by atoms with E-state index in [0.29, 0.717) is 30.2 Å². The number of ether oxygens (including phenoxy) is 1. The number of nitrogen functional groups attached to an aromatic ring is 1. The van der Waals surface area contributed by atoms with Crippen LogP contribution >= 0.6 is 0 Å². The second-order valence-corrected chi connectivity index (χ2v) is 5.43. The van der Waals surface area contributed by atoms with Gasteiger partial charge in [0.05, 0.1) is 12.3 Å². The molecule has 0 heterocycles. The number of nitrogens with one attached hydrogen (secondary N) is 1. The minimum absolute atomic E-state index is 0.0620. The summed E-state index contributed by atoms with van der Waals surface area (Å²) in [5.41, 5.74) is 6.93. The van der Waals surface area contributed by atoms with E-state index in [4.69, 9.17) is 10.5 Å². The fourth-order valence-corrected chi connectivity index (χ4v) is 1.42. The highest BCUT2D eigenvalue weighted by Crippen LogP contribution is 2.22. The third-order valence-corrected chi connectivity index (χ3v) is 2.35. The van der Waals surface area contributed by atoms with Crippen molar-refractivity contribution >= 4 is 11.6 Å². The number of amides is 1.